The maximum absolute atomic E-state index is 13.6. The summed E-state index contributed by atoms with van der Waals surface area (Å²) < 4.78 is 11.8. The second-order valence-corrected chi connectivity index (χ2v) is 12.4. The van der Waals surface area contributed by atoms with Crippen molar-refractivity contribution in [3.05, 3.63) is 34.9 Å². The lowest BCUT2D eigenvalue weighted by Gasteiger charge is -2.61. The summed E-state index contributed by atoms with van der Waals surface area (Å²) in [7, 11) is 1.47. The normalized spacial score (nSPS) is 30.6. The Hall–Kier alpha value is -2.95. The van der Waals surface area contributed by atoms with Gasteiger partial charge in [-0.05, 0) is 66.2 Å². The van der Waals surface area contributed by atoms with E-state index in [1.807, 2.05) is 0 Å². The maximum atomic E-state index is 13.6. The summed E-state index contributed by atoms with van der Waals surface area (Å²) in [6.45, 7) is 5.97. The highest BCUT2D eigenvalue weighted by molar-refractivity contribution is 6.36. The minimum atomic E-state index is -1.25. The Morgan fingerprint density at radius 3 is 2.56 bits per heavy atom. The highest BCUT2D eigenvalue weighted by atomic mass is 16.5. The lowest BCUT2D eigenvalue weighted by atomic mass is 9.45. The quantitative estimate of drug-likeness (QED) is 0.311. The molecule has 10 nitrogen and oxygen atoms in total. The fourth-order valence-electron chi connectivity index (χ4n) is 7.70. The first-order chi connectivity index (χ1) is 19.6. The van der Waals surface area contributed by atoms with E-state index in [9.17, 15) is 29.7 Å². The summed E-state index contributed by atoms with van der Waals surface area (Å²) in [6, 6.07) is 2.39. The predicted octanol–water partition coefficient (Wildman–Crippen LogP) is 1.69. The number of methoxy groups -OCH3 is 1. The van der Waals surface area contributed by atoms with E-state index in [1.54, 1.807) is 25.1 Å². The number of fused-ring (bicyclic) bond motifs is 5. The molecule has 7 atom stereocenters. The first-order valence-electron chi connectivity index (χ1n) is 14.7. The lowest BCUT2D eigenvalue weighted by molar-refractivity contribution is -0.153. The van der Waals surface area contributed by atoms with Gasteiger partial charge in [0.05, 0.1) is 32.3 Å². The van der Waals surface area contributed by atoms with Crippen LogP contribution in [0.1, 0.15) is 63.5 Å². The van der Waals surface area contributed by atoms with Gasteiger partial charge in [-0.1, -0.05) is 20.8 Å². The molecule has 3 fully saturated rings. The topological polar surface area (TPSA) is 146 Å². The predicted molar refractivity (Wildman–Crippen MR) is 149 cm³/mol. The number of ketones is 1. The van der Waals surface area contributed by atoms with E-state index >= 15 is 0 Å². The van der Waals surface area contributed by atoms with Crippen molar-refractivity contribution in [3.63, 3.8) is 0 Å². The molecule has 2 amide bonds. The highest BCUT2D eigenvalue weighted by Gasteiger charge is 2.56. The van der Waals surface area contributed by atoms with E-state index in [1.165, 1.54) is 12.0 Å². The zero-order valence-corrected chi connectivity index (χ0v) is 24.3. The van der Waals surface area contributed by atoms with Crippen molar-refractivity contribution in [1.29, 1.82) is 0 Å². The number of nitrogens with one attached hydrogen (secondary N) is 1. The molecule has 4 N–H and O–H groups in total. The molecule has 2 bridgehead atoms. The number of aliphatic hydroxyl groups excluding tert-OH is 3. The third kappa shape index (κ3) is 4.93. The Balaban J connectivity index is 1.57. The molecule has 224 valence electrons. The smallest absolute Gasteiger partial charge is 0.290 e. The van der Waals surface area contributed by atoms with Crippen molar-refractivity contribution in [2.24, 2.45) is 23.2 Å². The second-order valence-electron chi connectivity index (χ2n) is 12.4. The zero-order valence-electron chi connectivity index (χ0n) is 24.3. The lowest BCUT2D eigenvalue weighted by Crippen LogP contribution is -2.60. The van der Waals surface area contributed by atoms with Crippen LogP contribution in [0.4, 0.5) is 0 Å². The highest BCUT2D eigenvalue weighted by Crippen LogP contribution is 2.61. The van der Waals surface area contributed by atoms with Crippen molar-refractivity contribution in [3.8, 4) is 11.5 Å². The van der Waals surface area contributed by atoms with Crippen LogP contribution in [0.15, 0.2) is 23.8 Å². The molecule has 7 unspecified atom stereocenters. The Labute approximate surface area is 240 Å². The number of carbonyl (C=O) groups is 3. The number of carbonyl (C=O) groups excluding carboxylic acids is 3. The SMILES string of the molecule is CCC(=O)C(=O)N(CC1CCC2CC1C2(C)C)C1C=C(C(=O)NCCO)C2c3cc(CO)cc(OC)c3OC2C1O. The number of hydrogen-bond acceptors (Lipinski definition) is 8. The number of rotatable bonds is 10. The first-order valence-corrected chi connectivity index (χ1v) is 14.7. The number of ether oxygens (including phenoxy) is 2. The first kappa shape index (κ1) is 29.5. The third-order valence-corrected chi connectivity index (χ3v) is 10.1. The van der Waals surface area contributed by atoms with Crippen LogP contribution in [0.25, 0.3) is 0 Å². The summed E-state index contributed by atoms with van der Waals surface area (Å²) in [4.78, 5) is 41.4. The molecule has 0 radical (unpaired) electrons. The summed E-state index contributed by atoms with van der Waals surface area (Å²) >= 11 is 0. The van der Waals surface area contributed by atoms with Crippen LogP contribution in [-0.4, -0.2) is 82.9 Å². The monoisotopic (exact) mass is 570 g/mol. The van der Waals surface area contributed by atoms with Crippen LogP contribution in [-0.2, 0) is 21.0 Å². The number of aliphatic hydroxyl groups is 3. The van der Waals surface area contributed by atoms with Crippen molar-refractivity contribution >= 4 is 17.6 Å². The summed E-state index contributed by atoms with van der Waals surface area (Å²) in [5, 5.41) is 33.7. The van der Waals surface area contributed by atoms with Gasteiger partial charge in [0.2, 0.25) is 11.7 Å². The van der Waals surface area contributed by atoms with Crippen molar-refractivity contribution in [1.82, 2.24) is 10.2 Å². The number of amides is 2. The number of nitrogens with zero attached hydrogens (tertiary/aromatic N) is 1. The summed E-state index contributed by atoms with van der Waals surface area (Å²) in [6.07, 6.45) is 2.52. The minimum Gasteiger partial charge on any atom is -0.493 e. The second kappa shape index (κ2) is 11.4. The third-order valence-electron chi connectivity index (χ3n) is 10.1. The van der Waals surface area contributed by atoms with E-state index in [2.05, 4.69) is 19.2 Å². The van der Waals surface area contributed by atoms with Crippen LogP contribution in [0.2, 0.25) is 0 Å². The molecule has 1 aromatic carbocycles. The van der Waals surface area contributed by atoms with Gasteiger partial charge in [-0.25, -0.2) is 0 Å². The Kier molecular flexibility index (Phi) is 8.20. The largest absolute Gasteiger partial charge is 0.493 e. The summed E-state index contributed by atoms with van der Waals surface area (Å²) in [5.41, 5.74) is 1.56. The Bertz CT molecular complexity index is 1240. The molecule has 1 heterocycles. The van der Waals surface area contributed by atoms with Crippen LogP contribution >= 0.6 is 0 Å². The molecule has 1 aromatic rings. The van der Waals surface area contributed by atoms with Gasteiger partial charge in [-0.15, -0.1) is 0 Å². The average molecular weight is 571 g/mol. The molecule has 10 heteroatoms. The van der Waals surface area contributed by atoms with Crippen LogP contribution in [0.5, 0.6) is 11.5 Å². The molecule has 0 saturated heterocycles. The molecule has 0 aromatic heterocycles. The number of Topliss-reactive ketones (excluding diaryl/α,β-unsaturated/α-hetero) is 1. The molecule has 0 spiro atoms. The molecule has 3 saturated carbocycles. The average Bonchev–Trinajstić information content (AvgIpc) is 3.37. The zero-order chi connectivity index (χ0) is 29.6. The molecular weight excluding hydrogens is 528 g/mol. The number of benzene rings is 1. The minimum absolute atomic E-state index is 0.0193. The molecule has 6 rings (SSSR count). The van der Waals surface area contributed by atoms with Gasteiger partial charge >= 0.3 is 0 Å². The standard InChI is InChI=1S/C31H42N2O8/c1-5-23(36)30(39)33(14-17-6-7-18-12-21(17)31(18,2)3)22-13-20(29(38)32-8-9-34)25-19-10-16(15-35)11-24(40-4)27(19)41-28(25)26(22)37/h10-11,13,17-18,21-22,25-26,28,34-35,37H,5-9,12,14-15H2,1-4H3,(H,32,38). The fraction of sp³-hybridized carbons (Fsp3) is 0.645. The van der Waals surface area contributed by atoms with E-state index in [0.717, 1.165) is 19.3 Å². The van der Waals surface area contributed by atoms with Gasteiger partial charge in [0, 0.05) is 30.6 Å². The summed E-state index contributed by atoms with van der Waals surface area (Å²) in [5.74, 6) is -0.441. The Morgan fingerprint density at radius 2 is 1.95 bits per heavy atom. The molecular formula is C31H42N2O8. The van der Waals surface area contributed by atoms with Crippen molar-refractivity contribution < 1.29 is 39.2 Å². The molecule has 1 aliphatic heterocycles. The van der Waals surface area contributed by atoms with Gasteiger partial charge in [0.1, 0.15) is 12.2 Å². The molecule has 41 heavy (non-hydrogen) atoms. The fourth-order valence-corrected chi connectivity index (χ4v) is 7.70. The van der Waals surface area contributed by atoms with Crippen LogP contribution in [0, 0.1) is 23.2 Å². The number of hydrogen-bond donors (Lipinski definition) is 4. The van der Waals surface area contributed by atoms with Crippen molar-refractivity contribution in [2.75, 3.05) is 26.8 Å². The van der Waals surface area contributed by atoms with Gasteiger partial charge in [0.25, 0.3) is 5.91 Å². The van der Waals surface area contributed by atoms with Crippen LogP contribution in [0.3, 0.4) is 0 Å². The van der Waals surface area contributed by atoms with E-state index in [4.69, 9.17) is 9.47 Å². The van der Waals surface area contributed by atoms with E-state index in [-0.39, 0.29) is 43.1 Å². The van der Waals surface area contributed by atoms with Gasteiger partial charge in [0.15, 0.2) is 11.5 Å². The molecule has 4 aliphatic carbocycles. The maximum Gasteiger partial charge on any atom is 0.290 e. The van der Waals surface area contributed by atoms with E-state index in [0.29, 0.717) is 41.0 Å². The van der Waals surface area contributed by atoms with Crippen molar-refractivity contribution in [2.45, 2.75) is 77.2 Å². The molecule has 5 aliphatic rings. The van der Waals surface area contributed by atoms with Gasteiger partial charge in [-0.3, -0.25) is 14.4 Å². The van der Waals surface area contributed by atoms with Crippen LogP contribution < -0.4 is 14.8 Å². The Morgan fingerprint density at radius 1 is 1.20 bits per heavy atom. The van der Waals surface area contributed by atoms with Gasteiger partial charge in [-0.2, -0.15) is 0 Å². The van der Waals surface area contributed by atoms with E-state index < -0.39 is 41.8 Å². The van der Waals surface area contributed by atoms with Gasteiger partial charge < -0.3 is 35.0 Å².